The summed E-state index contributed by atoms with van der Waals surface area (Å²) in [7, 11) is 1.24. The molecule has 0 aliphatic heterocycles. The van der Waals surface area contributed by atoms with Gasteiger partial charge in [-0.3, -0.25) is 9.59 Å². The maximum absolute atomic E-state index is 12.6. The fourth-order valence-electron chi connectivity index (χ4n) is 1.29. The summed E-state index contributed by atoms with van der Waals surface area (Å²) in [4.78, 5) is 22.6. The topological polar surface area (TPSA) is 37.4 Å². The number of hydrogen-bond donors (Lipinski definition) is 0. The molecule has 1 aromatic rings. The van der Waals surface area contributed by atoms with Crippen LogP contribution in [0.15, 0.2) is 24.3 Å². The highest BCUT2D eigenvalue weighted by Crippen LogP contribution is 2.32. The van der Waals surface area contributed by atoms with Gasteiger partial charge in [0.15, 0.2) is 0 Å². The second kappa shape index (κ2) is 4.99. The molecule has 0 N–H and O–H groups in total. The van der Waals surface area contributed by atoms with Gasteiger partial charge < -0.3 is 4.90 Å². The van der Waals surface area contributed by atoms with Gasteiger partial charge in [0.25, 0.3) is 5.91 Å². The molecule has 3 nitrogen and oxygen atoms in total. The molecule has 91 valence electrons. The van der Waals surface area contributed by atoms with Crippen LogP contribution in [0.3, 0.4) is 0 Å². The fraction of sp³-hybridized carbons (Fsp3) is 0.273. The van der Waals surface area contributed by atoms with E-state index in [1.807, 2.05) is 0 Å². The Balaban J connectivity index is 3.14. The van der Waals surface area contributed by atoms with Crippen LogP contribution in [0.25, 0.3) is 0 Å². The molecule has 0 aliphatic carbocycles. The molecule has 0 aliphatic rings. The van der Waals surface area contributed by atoms with Gasteiger partial charge in [0.05, 0.1) is 17.7 Å². The molecule has 1 rings (SSSR count). The molecule has 0 saturated carbocycles. The van der Waals surface area contributed by atoms with Crippen molar-refractivity contribution in [1.29, 1.82) is 0 Å². The number of carbonyl (C=O) groups excluding carboxylic acids is 2. The van der Waals surface area contributed by atoms with Crippen LogP contribution >= 0.6 is 0 Å². The van der Waals surface area contributed by atoms with Gasteiger partial charge in [0.1, 0.15) is 0 Å². The Bertz CT molecular complexity index is 429. The molecule has 0 spiro atoms. The van der Waals surface area contributed by atoms with Gasteiger partial charge in [-0.05, 0) is 12.1 Å². The Morgan fingerprint density at radius 1 is 1.35 bits per heavy atom. The van der Waals surface area contributed by atoms with Crippen LogP contribution in [-0.4, -0.2) is 30.7 Å². The Labute approximate surface area is 95.8 Å². The number of likely N-dealkylation sites (N-methyl/N-ethyl adjacent to an activating group) is 1. The van der Waals surface area contributed by atoms with Crippen LogP contribution in [0, 0.1) is 0 Å². The van der Waals surface area contributed by atoms with E-state index in [0.717, 1.165) is 17.0 Å². The monoisotopic (exact) mass is 244 g/mol. The number of amides is 1. The fourth-order valence-corrected chi connectivity index (χ4v) is 1.29. The Hall–Kier alpha value is -1.85. The average Bonchev–Trinajstić information content (AvgIpc) is 2.27. The smallest absolute Gasteiger partial charge is 0.334 e. The summed E-state index contributed by atoms with van der Waals surface area (Å²) in [5.41, 5.74) is -1.49. The molecule has 0 saturated heterocycles. The van der Waals surface area contributed by atoms with Gasteiger partial charge in [-0.15, -0.1) is 0 Å². The highest BCUT2D eigenvalue weighted by atomic mass is 19.4. The van der Waals surface area contributed by atoms with Crippen molar-refractivity contribution in [2.45, 2.75) is 6.18 Å². The predicted molar refractivity (Wildman–Crippen MR) is 54.1 cm³/mol. The predicted octanol–water partition coefficient (Wildman–Crippen LogP) is 1.89. The van der Waals surface area contributed by atoms with Crippen LogP contribution < -0.4 is 0 Å². The molecule has 0 aromatic heterocycles. The maximum atomic E-state index is 12.6. The SMILES string of the molecule is CN(C[C]=O)C(=O)c1ccccc1C(F)(F)F. The summed E-state index contributed by atoms with van der Waals surface area (Å²) in [6.45, 7) is -0.370. The third kappa shape index (κ3) is 3.05. The van der Waals surface area contributed by atoms with E-state index in [9.17, 15) is 22.8 Å². The van der Waals surface area contributed by atoms with Crippen LogP contribution in [0.1, 0.15) is 15.9 Å². The molecule has 0 fully saturated rings. The molecule has 0 atom stereocenters. The molecule has 6 heteroatoms. The Kier molecular flexibility index (Phi) is 3.88. The van der Waals surface area contributed by atoms with E-state index in [-0.39, 0.29) is 6.54 Å². The Morgan fingerprint density at radius 3 is 2.47 bits per heavy atom. The van der Waals surface area contributed by atoms with Crippen LogP contribution in [0.5, 0.6) is 0 Å². The van der Waals surface area contributed by atoms with E-state index < -0.39 is 23.2 Å². The first-order chi connectivity index (χ1) is 7.88. The van der Waals surface area contributed by atoms with E-state index in [2.05, 4.69) is 0 Å². The van der Waals surface area contributed by atoms with Crippen LogP contribution in [0.2, 0.25) is 0 Å². The van der Waals surface area contributed by atoms with E-state index in [4.69, 9.17) is 0 Å². The molecule has 0 heterocycles. The molecule has 17 heavy (non-hydrogen) atoms. The summed E-state index contributed by atoms with van der Waals surface area (Å²) in [6.07, 6.45) is -3.15. The zero-order valence-electron chi connectivity index (χ0n) is 8.91. The lowest BCUT2D eigenvalue weighted by Gasteiger charge is -2.17. The van der Waals surface area contributed by atoms with E-state index in [1.54, 1.807) is 0 Å². The number of benzene rings is 1. The highest BCUT2D eigenvalue weighted by molar-refractivity contribution is 5.96. The summed E-state index contributed by atoms with van der Waals surface area (Å²) < 4.78 is 37.8. The van der Waals surface area contributed by atoms with Crippen molar-refractivity contribution in [1.82, 2.24) is 4.90 Å². The zero-order valence-corrected chi connectivity index (χ0v) is 8.91. The van der Waals surface area contributed by atoms with Crippen molar-refractivity contribution in [2.24, 2.45) is 0 Å². The summed E-state index contributed by atoms with van der Waals surface area (Å²) >= 11 is 0. The largest absolute Gasteiger partial charge is 0.417 e. The van der Waals surface area contributed by atoms with Crippen LogP contribution in [0.4, 0.5) is 13.2 Å². The number of rotatable bonds is 3. The lowest BCUT2D eigenvalue weighted by atomic mass is 10.1. The summed E-state index contributed by atoms with van der Waals surface area (Å²) in [5.74, 6) is -0.860. The van der Waals surface area contributed by atoms with E-state index >= 15 is 0 Å². The lowest BCUT2D eigenvalue weighted by molar-refractivity contribution is -0.138. The molecular formula is C11H9F3NO2. The molecule has 0 bridgehead atoms. The first-order valence-electron chi connectivity index (χ1n) is 4.64. The van der Waals surface area contributed by atoms with Gasteiger partial charge in [-0.25, -0.2) is 0 Å². The number of nitrogens with zero attached hydrogens (tertiary/aromatic N) is 1. The van der Waals surface area contributed by atoms with Gasteiger partial charge >= 0.3 is 6.18 Å². The van der Waals surface area contributed by atoms with Crippen molar-refractivity contribution < 1.29 is 22.8 Å². The molecule has 1 aromatic carbocycles. The van der Waals surface area contributed by atoms with Crippen LogP contribution in [-0.2, 0) is 11.0 Å². The minimum Gasteiger partial charge on any atom is -0.334 e. The van der Waals surface area contributed by atoms with Crippen molar-refractivity contribution >= 4 is 12.2 Å². The maximum Gasteiger partial charge on any atom is 0.417 e. The van der Waals surface area contributed by atoms with Gasteiger partial charge in [0.2, 0.25) is 6.29 Å². The third-order valence-electron chi connectivity index (χ3n) is 2.11. The number of carbonyl (C=O) groups is 1. The second-order valence-corrected chi connectivity index (χ2v) is 3.35. The highest BCUT2D eigenvalue weighted by Gasteiger charge is 2.35. The number of halogens is 3. The number of alkyl halides is 3. The van der Waals surface area contributed by atoms with E-state index in [0.29, 0.717) is 0 Å². The van der Waals surface area contributed by atoms with Gasteiger partial charge in [-0.1, -0.05) is 12.1 Å². The minimum absolute atomic E-state index is 0.370. The first-order valence-corrected chi connectivity index (χ1v) is 4.64. The van der Waals surface area contributed by atoms with Crippen molar-refractivity contribution in [3.05, 3.63) is 35.4 Å². The minimum atomic E-state index is -4.60. The zero-order chi connectivity index (χ0) is 13.1. The van der Waals surface area contributed by atoms with Gasteiger partial charge in [0, 0.05) is 7.05 Å². The standard InChI is InChI=1S/C11H9F3NO2/c1-15(6-7-16)10(17)8-4-2-3-5-9(8)11(12,13)14/h2-5H,6H2,1H3. The normalized spacial score (nSPS) is 11.1. The van der Waals surface area contributed by atoms with Crippen molar-refractivity contribution in [3.63, 3.8) is 0 Å². The third-order valence-corrected chi connectivity index (χ3v) is 2.11. The first kappa shape index (κ1) is 13.2. The molecule has 1 radical (unpaired) electrons. The molecule has 0 unspecified atom stereocenters. The molecular weight excluding hydrogens is 235 g/mol. The summed E-state index contributed by atoms with van der Waals surface area (Å²) in [5, 5.41) is 0. The molecule has 1 amide bonds. The summed E-state index contributed by atoms with van der Waals surface area (Å²) in [6, 6.07) is 4.44. The quantitative estimate of drug-likeness (QED) is 0.814. The number of hydrogen-bond acceptors (Lipinski definition) is 2. The average molecular weight is 244 g/mol. The van der Waals surface area contributed by atoms with Crippen molar-refractivity contribution in [2.75, 3.05) is 13.6 Å². The van der Waals surface area contributed by atoms with Crippen molar-refractivity contribution in [3.8, 4) is 0 Å². The van der Waals surface area contributed by atoms with E-state index in [1.165, 1.54) is 25.5 Å². The Morgan fingerprint density at radius 2 is 1.94 bits per heavy atom. The second-order valence-electron chi connectivity index (χ2n) is 3.35. The lowest BCUT2D eigenvalue weighted by Crippen LogP contribution is -2.30. The van der Waals surface area contributed by atoms with Gasteiger partial charge in [-0.2, -0.15) is 13.2 Å².